The summed E-state index contributed by atoms with van der Waals surface area (Å²) in [6.45, 7) is 0.716. The Labute approximate surface area is 95.6 Å². The number of methoxy groups -OCH3 is 1. The molecule has 4 unspecified atom stereocenters. The Kier molecular flexibility index (Phi) is 2.37. The predicted molar refractivity (Wildman–Crippen MR) is 59.9 cm³/mol. The summed E-state index contributed by atoms with van der Waals surface area (Å²) in [5.41, 5.74) is 0. The first-order valence-corrected chi connectivity index (χ1v) is 6.17. The standard InChI is InChI=1S/C12H18N2O2/c1-16-11(15)4-5-14-12-9-3-2-8(6-9)10(12)7-13-14/h7-10,12H,2-6H2,1H3. The summed E-state index contributed by atoms with van der Waals surface area (Å²) in [6, 6.07) is 0.586. The van der Waals surface area contributed by atoms with Gasteiger partial charge in [0, 0.05) is 18.7 Å². The molecule has 1 aliphatic heterocycles. The molecule has 3 rings (SSSR count). The number of carbonyl (C=O) groups is 1. The van der Waals surface area contributed by atoms with E-state index in [1.165, 1.54) is 26.4 Å². The summed E-state index contributed by atoms with van der Waals surface area (Å²) in [7, 11) is 1.44. The minimum atomic E-state index is -0.137. The highest BCUT2D eigenvalue weighted by Crippen LogP contribution is 2.51. The van der Waals surface area contributed by atoms with Crippen LogP contribution in [0.25, 0.3) is 0 Å². The molecule has 3 aliphatic rings. The number of rotatable bonds is 3. The summed E-state index contributed by atoms with van der Waals surface area (Å²) in [5, 5.41) is 6.60. The Bertz CT molecular complexity index is 329. The first-order chi connectivity index (χ1) is 7.79. The maximum Gasteiger partial charge on any atom is 0.307 e. The van der Waals surface area contributed by atoms with Crippen LogP contribution in [0, 0.1) is 17.8 Å². The van der Waals surface area contributed by atoms with Crippen molar-refractivity contribution in [1.29, 1.82) is 0 Å². The van der Waals surface area contributed by atoms with Crippen molar-refractivity contribution < 1.29 is 9.53 Å². The van der Waals surface area contributed by atoms with Crippen molar-refractivity contribution in [2.75, 3.05) is 13.7 Å². The molecule has 0 amide bonds. The molecule has 0 aromatic rings. The fraction of sp³-hybridized carbons (Fsp3) is 0.833. The van der Waals surface area contributed by atoms with Crippen molar-refractivity contribution in [1.82, 2.24) is 5.01 Å². The molecule has 2 saturated carbocycles. The van der Waals surface area contributed by atoms with E-state index < -0.39 is 0 Å². The number of hydrogen-bond donors (Lipinski definition) is 0. The summed E-state index contributed by atoms with van der Waals surface area (Å²) >= 11 is 0. The van der Waals surface area contributed by atoms with E-state index in [1.807, 2.05) is 0 Å². The van der Waals surface area contributed by atoms with Crippen molar-refractivity contribution in [2.24, 2.45) is 22.9 Å². The second kappa shape index (κ2) is 3.75. The number of esters is 1. The number of fused-ring (bicyclic) bond motifs is 5. The Morgan fingerprint density at radius 1 is 1.50 bits per heavy atom. The van der Waals surface area contributed by atoms with Crippen LogP contribution in [0.3, 0.4) is 0 Å². The highest BCUT2D eigenvalue weighted by molar-refractivity contribution is 5.69. The zero-order chi connectivity index (χ0) is 11.1. The zero-order valence-corrected chi connectivity index (χ0v) is 9.63. The monoisotopic (exact) mass is 222 g/mol. The fourth-order valence-corrected chi connectivity index (χ4v) is 3.71. The van der Waals surface area contributed by atoms with Crippen LogP contribution >= 0.6 is 0 Å². The molecule has 4 nitrogen and oxygen atoms in total. The van der Waals surface area contributed by atoms with E-state index in [0.717, 1.165) is 11.8 Å². The number of carbonyl (C=O) groups excluding carboxylic acids is 1. The van der Waals surface area contributed by atoms with Crippen LogP contribution in [0.15, 0.2) is 5.10 Å². The van der Waals surface area contributed by atoms with Crippen LogP contribution in [-0.2, 0) is 9.53 Å². The van der Waals surface area contributed by atoms with Gasteiger partial charge in [-0.05, 0) is 31.1 Å². The topological polar surface area (TPSA) is 41.9 Å². The predicted octanol–water partition coefficient (Wildman–Crippen LogP) is 1.27. The summed E-state index contributed by atoms with van der Waals surface area (Å²) in [4.78, 5) is 11.1. The Hall–Kier alpha value is -1.06. The Morgan fingerprint density at radius 2 is 2.31 bits per heavy atom. The lowest BCUT2D eigenvalue weighted by molar-refractivity contribution is -0.141. The van der Waals surface area contributed by atoms with Crippen LogP contribution in [0.2, 0.25) is 0 Å². The molecular weight excluding hydrogens is 204 g/mol. The Balaban J connectivity index is 1.61. The first kappa shape index (κ1) is 10.1. The van der Waals surface area contributed by atoms with E-state index in [2.05, 4.69) is 21.1 Å². The molecule has 0 aromatic carbocycles. The van der Waals surface area contributed by atoms with Gasteiger partial charge in [-0.2, -0.15) is 5.10 Å². The smallest absolute Gasteiger partial charge is 0.307 e. The van der Waals surface area contributed by atoms with Gasteiger partial charge in [-0.25, -0.2) is 0 Å². The van der Waals surface area contributed by atoms with Gasteiger partial charge in [-0.15, -0.1) is 0 Å². The largest absolute Gasteiger partial charge is 0.469 e. The van der Waals surface area contributed by atoms with Gasteiger partial charge >= 0.3 is 5.97 Å². The van der Waals surface area contributed by atoms with Crippen molar-refractivity contribution in [3.05, 3.63) is 0 Å². The maximum absolute atomic E-state index is 11.1. The van der Waals surface area contributed by atoms with Gasteiger partial charge in [0.2, 0.25) is 0 Å². The van der Waals surface area contributed by atoms with E-state index >= 15 is 0 Å². The third kappa shape index (κ3) is 1.43. The summed E-state index contributed by atoms with van der Waals surface area (Å²) < 4.78 is 4.67. The van der Waals surface area contributed by atoms with Gasteiger partial charge in [0.1, 0.15) is 0 Å². The van der Waals surface area contributed by atoms with Crippen molar-refractivity contribution in [3.8, 4) is 0 Å². The molecule has 4 atom stereocenters. The van der Waals surface area contributed by atoms with E-state index in [1.54, 1.807) is 0 Å². The summed E-state index contributed by atoms with van der Waals surface area (Å²) in [6.07, 6.45) is 6.67. The minimum absolute atomic E-state index is 0.137. The molecule has 0 N–H and O–H groups in total. The molecular formula is C12H18N2O2. The van der Waals surface area contributed by atoms with E-state index in [-0.39, 0.29) is 5.97 Å². The van der Waals surface area contributed by atoms with Gasteiger partial charge in [0.05, 0.1) is 19.6 Å². The molecule has 4 heteroatoms. The van der Waals surface area contributed by atoms with Gasteiger partial charge in [-0.3, -0.25) is 9.80 Å². The second-order valence-corrected chi connectivity index (χ2v) is 5.15. The average Bonchev–Trinajstić information content (AvgIpc) is 2.97. The molecule has 0 spiro atoms. The number of ether oxygens (including phenoxy) is 1. The fourth-order valence-electron chi connectivity index (χ4n) is 3.71. The lowest BCUT2D eigenvalue weighted by Gasteiger charge is -2.30. The molecule has 16 heavy (non-hydrogen) atoms. The number of hydrazone groups is 1. The number of nitrogens with zero attached hydrogens (tertiary/aromatic N) is 2. The quantitative estimate of drug-likeness (QED) is 0.675. The van der Waals surface area contributed by atoms with E-state index in [9.17, 15) is 4.79 Å². The average molecular weight is 222 g/mol. The second-order valence-electron chi connectivity index (χ2n) is 5.15. The van der Waals surface area contributed by atoms with Gasteiger partial charge in [-0.1, -0.05) is 0 Å². The van der Waals surface area contributed by atoms with E-state index in [4.69, 9.17) is 0 Å². The van der Waals surface area contributed by atoms with Crippen LogP contribution in [0.4, 0.5) is 0 Å². The molecule has 2 bridgehead atoms. The van der Waals surface area contributed by atoms with E-state index in [0.29, 0.717) is 24.9 Å². The third-order valence-corrected chi connectivity index (χ3v) is 4.44. The van der Waals surface area contributed by atoms with Crippen LogP contribution in [0.1, 0.15) is 25.7 Å². The van der Waals surface area contributed by atoms with Crippen LogP contribution < -0.4 is 0 Å². The van der Waals surface area contributed by atoms with Crippen molar-refractivity contribution in [3.63, 3.8) is 0 Å². The van der Waals surface area contributed by atoms with Crippen molar-refractivity contribution in [2.45, 2.75) is 31.7 Å². The van der Waals surface area contributed by atoms with Crippen LogP contribution in [0.5, 0.6) is 0 Å². The molecule has 0 radical (unpaired) electrons. The lowest BCUT2D eigenvalue weighted by atomic mass is 9.86. The highest BCUT2D eigenvalue weighted by atomic mass is 16.5. The zero-order valence-electron chi connectivity index (χ0n) is 9.63. The highest BCUT2D eigenvalue weighted by Gasteiger charge is 2.51. The van der Waals surface area contributed by atoms with Gasteiger partial charge in [0.25, 0.3) is 0 Å². The normalized spacial score (nSPS) is 39.2. The lowest BCUT2D eigenvalue weighted by Crippen LogP contribution is -2.38. The van der Waals surface area contributed by atoms with Gasteiger partial charge < -0.3 is 4.74 Å². The molecule has 1 heterocycles. The summed E-state index contributed by atoms with van der Waals surface area (Å²) in [5.74, 6) is 2.20. The Morgan fingerprint density at radius 3 is 3.12 bits per heavy atom. The van der Waals surface area contributed by atoms with Gasteiger partial charge in [0.15, 0.2) is 0 Å². The maximum atomic E-state index is 11.1. The third-order valence-electron chi connectivity index (χ3n) is 4.44. The van der Waals surface area contributed by atoms with Crippen LogP contribution in [-0.4, -0.2) is 36.9 Å². The molecule has 88 valence electrons. The molecule has 2 fully saturated rings. The molecule has 0 aromatic heterocycles. The number of hydrogen-bond acceptors (Lipinski definition) is 4. The SMILES string of the molecule is COC(=O)CCN1N=CC2C3CCC(C3)C21. The van der Waals surface area contributed by atoms with Crippen molar-refractivity contribution >= 4 is 12.2 Å². The molecule has 0 saturated heterocycles. The first-order valence-electron chi connectivity index (χ1n) is 6.17. The molecule has 2 aliphatic carbocycles. The minimum Gasteiger partial charge on any atom is -0.469 e.